The van der Waals surface area contributed by atoms with Crippen LogP contribution in [-0.4, -0.2) is 4.87 Å². The lowest BCUT2D eigenvalue weighted by molar-refractivity contribution is 0.972. The Bertz CT molecular complexity index is 76.2. The van der Waals surface area contributed by atoms with Gasteiger partial charge < -0.3 is 0 Å². The average molecular weight is 118 g/mol. The van der Waals surface area contributed by atoms with Crippen LogP contribution < -0.4 is 0 Å². The van der Waals surface area contributed by atoms with Crippen LogP contribution in [0.2, 0.25) is 0 Å². The Balaban J connectivity index is 2.30. The molecule has 0 spiro atoms. The molecule has 41 valence electrons. The minimum Gasteiger partial charge on any atom is -0.119 e. The van der Waals surface area contributed by atoms with Crippen LogP contribution >= 0.6 is 11.6 Å². The summed E-state index contributed by atoms with van der Waals surface area (Å²) in [6.45, 7) is 4.23. The molecule has 0 heterocycles. The van der Waals surface area contributed by atoms with Gasteiger partial charge in [0.25, 0.3) is 0 Å². The van der Waals surface area contributed by atoms with E-state index in [9.17, 15) is 0 Å². The molecule has 0 aromatic rings. The Labute approximate surface area is 49.9 Å². The van der Waals surface area contributed by atoms with Crippen LogP contribution in [0.15, 0.2) is 0 Å². The molecule has 1 heteroatoms. The molecule has 1 fully saturated rings. The number of halogens is 1. The lowest BCUT2D eigenvalue weighted by Crippen LogP contribution is -1.89. The van der Waals surface area contributed by atoms with Crippen molar-refractivity contribution in [2.24, 2.45) is 0 Å². The van der Waals surface area contributed by atoms with Crippen LogP contribution in [0.5, 0.6) is 0 Å². The number of hydrogen-bond acceptors (Lipinski definition) is 0. The molecule has 1 atom stereocenters. The molecule has 1 aliphatic carbocycles. The first kappa shape index (κ1) is 5.43. The van der Waals surface area contributed by atoms with Crippen molar-refractivity contribution in [3.63, 3.8) is 0 Å². The first-order chi connectivity index (χ1) is 3.17. The van der Waals surface area contributed by atoms with Gasteiger partial charge in [0, 0.05) is 4.87 Å². The van der Waals surface area contributed by atoms with E-state index in [2.05, 4.69) is 13.8 Å². The summed E-state index contributed by atoms with van der Waals surface area (Å²) >= 11 is 5.87. The summed E-state index contributed by atoms with van der Waals surface area (Å²) in [5.41, 5.74) is 0. The van der Waals surface area contributed by atoms with Crippen LogP contribution in [0.3, 0.4) is 0 Å². The van der Waals surface area contributed by atoms with E-state index >= 15 is 0 Å². The number of alkyl halides is 1. The monoisotopic (exact) mass is 117 g/mol. The minimum absolute atomic E-state index is 0.106. The van der Waals surface area contributed by atoms with Gasteiger partial charge in [-0.3, -0.25) is 0 Å². The Morgan fingerprint density at radius 3 is 2.29 bits per heavy atom. The van der Waals surface area contributed by atoms with Gasteiger partial charge in [-0.1, -0.05) is 6.92 Å². The second kappa shape index (κ2) is 1.38. The molecule has 0 amide bonds. The highest BCUT2D eigenvalue weighted by Crippen LogP contribution is 2.52. The van der Waals surface area contributed by atoms with Crippen LogP contribution in [0.4, 0.5) is 0 Å². The van der Waals surface area contributed by atoms with Crippen molar-refractivity contribution in [2.45, 2.75) is 31.6 Å². The summed E-state index contributed by atoms with van der Waals surface area (Å²) in [5.74, 6) is 1.51. The zero-order valence-electron chi connectivity index (χ0n) is 4.79. The van der Waals surface area contributed by atoms with Crippen molar-refractivity contribution in [3.8, 4) is 0 Å². The molecule has 0 aliphatic heterocycles. The predicted molar refractivity (Wildman–Crippen MR) is 32.4 cm³/mol. The van der Waals surface area contributed by atoms with Gasteiger partial charge in [-0.05, 0) is 25.7 Å². The number of rotatable bonds is 1. The van der Waals surface area contributed by atoms with E-state index in [1.807, 2.05) is 0 Å². The lowest BCUT2D eigenvalue weighted by atomic mass is 10.3. The smallest absolute Gasteiger partial charge is 0.0487 e. The van der Waals surface area contributed by atoms with E-state index in [-0.39, 0.29) is 4.87 Å². The normalized spacial score (nSPS) is 41.6. The summed E-state index contributed by atoms with van der Waals surface area (Å²) < 4.78 is 0. The maximum Gasteiger partial charge on any atom is 0.0487 e. The minimum atomic E-state index is 0.106. The molecule has 1 saturated carbocycles. The van der Waals surface area contributed by atoms with Crippen LogP contribution in [0.25, 0.3) is 0 Å². The van der Waals surface area contributed by atoms with Crippen molar-refractivity contribution in [3.05, 3.63) is 5.92 Å². The Kier molecular flexibility index (Phi) is 1.07. The van der Waals surface area contributed by atoms with Gasteiger partial charge in [0.05, 0.1) is 0 Å². The van der Waals surface area contributed by atoms with E-state index in [1.165, 1.54) is 12.3 Å². The lowest BCUT2D eigenvalue weighted by Gasteiger charge is -1.92. The fourth-order valence-corrected chi connectivity index (χ4v) is 1.15. The molecule has 0 saturated heterocycles. The third-order valence-corrected chi connectivity index (χ3v) is 1.99. The molecule has 0 N–H and O–H groups in total. The zero-order valence-corrected chi connectivity index (χ0v) is 5.55. The topological polar surface area (TPSA) is 0 Å². The van der Waals surface area contributed by atoms with Gasteiger partial charge in [0.1, 0.15) is 0 Å². The van der Waals surface area contributed by atoms with Crippen LogP contribution in [-0.2, 0) is 0 Å². The van der Waals surface area contributed by atoms with Gasteiger partial charge >= 0.3 is 0 Å². The second-order valence-electron chi connectivity index (χ2n) is 2.33. The first-order valence-corrected chi connectivity index (χ1v) is 3.08. The number of hydrogen-bond donors (Lipinski definition) is 0. The molecule has 0 aromatic carbocycles. The molecule has 7 heavy (non-hydrogen) atoms. The molecule has 1 unspecified atom stereocenters. The third-order valence-electron chi connectivity index (χ3n) is 1.58. The highest BCUT2D eigenvalue weighted by Gasteiger charge is 2.47. The average Bonchev–Trinajstić information content (AvgIpc) is 2.13. The molecule has 1 radical (unpaired) electrons. The van der Waals surface area contributed by atoms with Crippen molar-refractivity contribution in [1.29, 1.82) is 0 Å². The van der Waals surface area contributed by atoms with Crippen molar-refractivity contribution >= 4 is 11.6 Å². The molecule has 0 bridgehead atoms. The molecule has 0 nitrogen and oxygen atoms in total. The van der Waals surface area contributed by atoms with Crippen molar-refractivity contribution in [1.82, 2.24) is 0 Å². The summed E-state index contributed by atoms with van der Waals surface area (Å²) in [4.78, 5) is 0.106. The predicted octanol–water partition coefficient (Wildman–Crippen LogP) is 2.37. The quantitative estimate of drug-likeness (QED) is 0.463. The Hall–Kier alpha value is 0.290. The van der Waals surface area contributed by atoms with E-state index < -0.39 is 0 Å². The van der Waals surface area contributed by atoms with Gasteiger partial charge in [-0.2, -0.15) is 0 Å². The SMILES string of the molecule is CC[C]1CC1(C)Cl. The fraction of sp³-hybridized carbons (Fsp3) is 0.833. The van der Waals surface area contributed by atoms with E-state index in [1.54, 1.807) is 0 Å². The molecule has 0 aromatic heterocycles. The van der Waals surface area contributed by atoms with Gasteiger partial charge in [0.2, 0.25) is 0 Å². The standard InChI is InChI=1S/C6H10Cl/c1-3-5-4-6(5,2)7/h3-4H2,1-2H3. The Morgan fingerprint density at radius 2 is 2.29 bits per heavy atom. The molecular weight excluding hydrogens is 108 g/mol. The molecule has 1 rings (SSSR count). The first-order valence-electron chi connectivity index (χ1n) is 2.71. The summed E-state index contributed by atoms with van der Waals surface area (Å²) in [7, 11) is 0. The largest absolute Gasteiger partial charge is 0.119 e. The highest BCUT2D eigenvalue weighted by molar-refractivity contribution is 6.28. The van der Waals surface area contributed by atoms with Gasteiger partial charge in [-0.25, -0.2) is 0 Å². The van der Waals surface area contributed by atoms with Crippen LogP contribution in [0, 0.1) is 5.92 Å². The van der Waals surface area contributed by atoms with Crippen molar-refractivity contribution < 1.29 is 0 Å². The third kappa shape index (κ3) is 0.908. The maximum atomic E-state index is 5.87. The zero-order chi connectivity index (χ0) is 5.49. The van der Waals surface area contributed by atoms with Gasteiger partial charge in [-0.15, -0.1) is 11.6 Å². The maximum absolute atomic E-state index is 5.87. The highest BCUT2D eigenvalue weighted by atomic mass is 35.5. The van der Waals surface area contributed by atoms with Crippen LogP contribution in [0.1, 0.15) is 26.7 Å². The summed E-state index contributed by atoms with van der Waals surface area (Å²) in [6.07, 6.45) is 2.31. The second-order valence-corrected chi connectivity index (χ2v) is 3.17. The molecular formula is C6H10Cl. The van der Waals surface area contributed by atoms with E-state index in [4.69, 9.17) is 11.6 Å². The fourth-order valence-electron chi connectivity index (χ4n) is 0.850. The summed E-state index contributed by atoms with van der Waals surface area (Å²) in [5, 5.41) is 0. The van der Waals surface area contributed by atoms with E-state index in [0.29, 0.717) is 0 Å². The molecule has 1 aliphatic rings. The van der Waals surface area contributed by atoms with E-state index in [0.717, 1.165) is 6.42 Å². The summed E-state index contributed by atoms with van der Waals surface area (Å²) in [6, 6.07) is 0. The van der Waals surface area contributed by atoms with Crippen molar-refractivity contribution in [2.75, 3.05) is 0 Å². The van der Waals surface area contributed by atoms with Gasteiger partial charge in [0.15, 0.2) is 0 Å². The Morgan fingerprint density at radius 1 is 1.86 bits per heavy atom.